The predicted octanol–water partition coefficient (Wildman–Crippen LogP) is 1.61. The molecule has 2 amide bonds. The lowest BCUT2D eigenvalue weighted by molar-refractivity contribution is 0.0701. The maximum Gasteiger partial charge on any atom is 0.347 e. The number of aromatic carboxylic acids is 1. The van der Waals surface area contributed by atoms with Crippen molar-refractivity contribution in [2.45, 2.75) is 20.0 Å². The van der Waals surface area contributed by atoms with Gasteiger partial charge in [-0.2, -0.15) is 0 Å². The van der Waals surface area contributed by atoms with Crippen LogP contribution in [0.1, 0.15) is 26.1 Å². The van der Waals surface area contributed by atoms with Crippen LogP contribution in [0.5, 0.6) is 0 Å². The molecule has 2 aromatic rings. The van der Waals surface area contributed by atoms with Crippen molar-refractivity contribution >= 4 is 34.7 Å². The summed E-state index contributed by atoms with van der Waals surface area (Å²) < 4.78 is 0. The maximum atomic E-state index is 11.6. The molecule has 3 N–H and O–H groups in total. The van der Waals surface area contributed by atoms with E-state index < -0.39 is 5.97 Å². The number of carbonyl (C=O) groups excluding carboxylic acids is 1. The van der Waals surface area contributed by atoms with Crippen molar-refractivity contribution in [1.29, 1.82) is 0 Å². The molecule has 0 saturated heterocycles. The molecule has 0 saturated carbocycles. The average molecular weight is 312 g/mol. The van der Waals surface area contributed by atoms with Crippen molar-refractivity contribution in [2.24, 2.45) is 0 Å². The second kappa shape index (κ2) is 6.44. The lowest BCUT2D eigenvalue weighted by Crippen LogP contribution is -2.34. The van der Waals surface area contributed by atoms with Gasteiger partial charge in [0.1, 0.15) is 9.88 Å². The van der Waals surface area contributed by atoms with Gasteiger partial charge in [0.15, 0.2) is 0 Å². The summed E-state index contributed by atoms with van der Waals surface area (Å²) in [5, 5.41) is 16.6. The molecule has 0 bridgehead atoms. The molecule has 9 heteroatoms. The minimum absolute atomic E-state index is 0.196. The van der Waals surface area contributed by atoms with Gasteiger partial charge in [0, 0.05) is 5.38 Å². The van der Waals surface area contributed by atoms with Gasteiger partial charge in [-0.25, -0.2) is 19.6 Å². The van der Waals surface area contributed by atoms with Crippen LogP contribution in [0.25, 0.3) is 0 Å². The Bertz CT molecular complexity index is 609. The summed E-state index contributed by atoms with van der Waals surface area (Å²) in [5.74, 6) is -1.00. The number of nitrogens with zero attached hydrogens (tertiary/aromatic N) is 2. The zero-order valence-corrected chi connectivity index (χ0v) is 12.2. The summed E-state index contributed by atoms with van der Waals surface area (Å²) in [5.41, 5.74) is 2.95. The van der Waals surface area contributed by atoms with Gasteiger partial charge in [-0.15, -0.1) is 22.7 Å². The molecule has 0 spiro atoms. The summed E-state index contributed by atoms with van der Waals surface area (Å²) >= 11 is 2.52. The highest BCUT2D eigenvalue weighted by Crippen LogP contribution is 2.17. The summed E-state index contributed by atoms with van der Waals surface area (Å²) in [4.78, 5) is 30.8. The van der Waals surface area contributed by atoms with E-state index in [0.29, 0.717) is 17.2 Å². The normalized spacial score (nSPS) is 10.2. The molecule has 0 aliphatic carbocycles. The topological polar surface area (TPSA) is 104 Å². The fourth-order valence-corrected chi connectivity index (χ4v) is 2.84. The zero-order valence-electron chi connectivity index (χ0n) is 10.5. The number of nitrogens with one attached hydrogen (secondary N) is 2. The van der Waals surface area contributed by atoms with Crippen LogP contribution in [0.2, 0.25) is 0 Å². The maximum absolute atomic E-state index is 11.6. The summed E-state index contributed by atoms with van der Waals surface area (Å²) in [7, 11) is 0. The van der Waals surface area contributed by atoms with Crippen molar-refractivity contribution in [3.8, 4) is 0 Å². The van der Waals surface area contributed by atoms with Crippen molar-refractivity contribution in [3.63, 3.8) is 0 Å². The second-order valence-corrected chi connectivity index (χ2v) is 5.65. The van der Waals surface area contributed by atoms with Gasteiger partial charge in [-0.05, 0) is 6.92 Å². The number of carboxylic acids is 1. The number of amides is 2. The molecular weight excluding hydrogens is 300 g/mol. The minimum atomic E-state index is -1.00. The third-order valence-electron chi connectivity index (χ3n) is 2.35. The first-order valence-electron chi connectivity index (χ1n) is 5.64. The van der Waals surface area contributed by atoms with Crippen molar-refractivity contribution in [3.05, 3.63) is 32.2 Å². The lowest BCUT2D eigenvalue weighted by Gasteiger charge is -2.04. The van der Waals surface area contributed by atoms with E-state index in [1.165, 1.54) is 11.3 Å². The summed E-state index contributed by atoms with van der Waals surface area (Å²) in [6.07, 6.45) is 0. The van der Waals surface area contributed by atoms with E-state index in [9.17, 15) is 9.59 Å². The predicted molar refractivity (Wildman–Crippen MR) is 75.0 cm³/mol. The average Bonchev–Trinajstić information content (AvgIpc) is 3.03. The Balaban J connectivity index is 1.81. The monoisotopic (exact) mass is 312 g/mol. The molecular formula is C11H12N4O3S2. The smallest absolute Gasteiger partial charge is 0.347 e. The lowest BCUT2D eigenvalue weighted by atomic mass is 10.4. The molecule has 0 atom stereocenters. The van der Waals surface area contributed by atoms with Crippen LogP contribution in [0.3, 0.4) is 0 Å². The highest BCUT2D eigenvalue weighted by atomic mass is 32.1. The molecule has 106 valence electrons. The molecule has 0 aromatic carbocycles. The SMILES string of the molecule is Cc1nc(CNC(=O)NCc2cscn2)sc1C(=O)O. The van der Waals surface area contributed by atoms with E-state index in [0.717, 1.165) is 17.0 Å². The fraction of sp³-hybridized carbons (Fsp3) is 0.273. The van der Waals surface area contributed by atoms with Crippen molar-refractivity contribution < 1.29 is 14.7 Å². The second-order valence-electron chi connectivity index (χ2n) is 3.84. The van der Waals surface area contributed by atoms with Gasteiger partial charge < -0.3 is 15.7 Å². The standard InChI is InChI=1S/C11H12N4O3S2/c1-6-9(10(16)17)20-8(15-6)3-13-11(18)12-2-7-4-19-5-14-7/h4-5H,2-3H2,1H3,(H,16,17)(H2,12,13,18). The Morgan fingerprint density at radius 2 is 2.10 bits per heavy atom. The number of hydrogen-bond acceptors (Lipinski definition) is 6. The van der Waals surface area contributed by atoms with Gasteiger partial charge in [-0.3, -0.25) is 0 Å². The van der Waals surface area contributed by atoms with Gasteiger partial charge in [0.05, 0.1) is 30.0 Å². The van der Waals surface area contributed by atoms with Gasteiger partial charge in [0.2, 0.25) is 0 Å². The van der Waals surface area contributed by atoms with Gasteiger partial charge >= 0.3 is 12.0 Å². The first-order chi connectivity index (χ1) is 9.56. The Labute approximate surface area is 122 Å². The summed E-state index contributed by atoms with van der Waals surface area (Å²) in [6, 6.07) is -0.345. The highest BCUT2D eigenvalue weighted by Gasteiger charge is 2.14. The van der Waals surface area contributed by atoms with Crippen LogP contribution in [0.4, 0.5) is 4.79 Å². The Morgan fingerprint density at radius 3 is 2.70 bits per heavy atom. The zero-order chi connectivity index (χ0) is 14.5. The quantitative estimate of drug-likeness (QED) is 0.778. The number of rotatable bonds is 5. The Kier molecular flexibility index (Phi) is 4.64. The van der Waals surface area contributed by atoms with Crippen LogP contribution in [0.15, 0.2) is 10.9 Å². The molecule has 2 aromatic heterocycles. The number of hydrogen-bond donors (Lipinski definition) is 3. The van der Waals surface area contributed by atoms with E-state index in [-0.39, 0.29) is 17.5 Å². The minimum Gasteiger partial charge on any atom is -0.477 e. The van der Waals surface area contributed by atoms with E-state index in [1.54, 1.807) is 12.4 Å². The van der Waals surface area contributed by atoms with Crippen molar-refractivity contribution in [1.82, 2.24) is 20.6 Å². The first kappa shape index (κ1) is 14.4. The molecule has 0 radical (unpaired) electrons. The largest absolute Gasteiger partial charge is 0.477 e. The molecule has 2 rings (SSSR count). The Morgan fingerprint density at radius 1 is 1.35 bits per heavy atom. The van der Waals surface area contributed by atoms with Crippen LogP contribution in [-0.4, -0.2) is 27.1 Å². The van der Waals surface area contributed by atoms with Crippen LogP contribution < -0.4 is 10.6 Å². The third kappa shape index (κ3) is 3.75. The van der Waals surface area contributed by atoms with Crippen LogP contribution in [-0.2, 0) is 13.1 Å². The van der Waals surface area contributed by atoms with Gasteiger partial charge in [-0.1, -0.05) is 0 Å². The molecule has 7 nitrogen and oxygen atoms in total. The fourth-order valence-electron chi connectivity index (χ4n) is 1.44. The van der Waals surface area contributed by atoms with Crippen molar-refractivity contribution in [2.75, 3.05) is 0 Å². The highest BCUT2D eigenvalue weighted by molar-refractivity contribution is 7.13. The van der Waals surface area contributed by atoms with Crippen LogP contribution >= 0.6 is 22.7 Å². The number of aryl methyl sites for hydroxylation is 1. The van der Waals surface area contributed by atoms with E-state index in [4.69, 9.17) is 5.11 Å². The number of carbonyl (C=O) groups is 2. The summed E-state index contributed by atoms with van der Waals surface area (Å²) in [6.45, 7) is 2.18. The van der Waals surface area contributed by atoms with Crippen LogP contribution in [0, 0.1) is 6.92 Å². The molecule has 0 unspecified atom stereocenters. The molecule has 0 aliphatic rings. The molecule has 0 aliphatic heterocycles. The Hall–Kier alpha value is -2.00. The number of thiazole rings is 2. The van der Waals surface area contributed by atoms with E-state index in [2.05, 4.69) is 20.6 Å². The molecule has 20 heavy (non-hydrogen) atoms. The number of carboxylic acid groups (broad SMARTS) is 1. The van der Waals surface area contributed by atoms with E-state index >= 15 is 0 Å². The third-order valence-corrected chi connectivity index (χ3v) is 4.13. The van der Waals surface area contributed by atoms with Gasteiger partial charge in [0.25, 0.3) is 0 Å². The number of aromatic nitrogens is 2. The number of urea groups is 1. The van der Waals surface area contributed by atoms with E-state index in [1.807, 2.05) is 5.38 Å². The molecule has 0 fully saturated rings. The first-order valence-corrected chi connectivity index (χ1v) is 7.40. The molecule has 2 heterocycles.